The summed E-state index contributed by atoms with van der Waals surface area (Å²) < 4.78 is 0. The molecular formula is C15H29BN3. The van der Waals surface area contributed by atoms with Gasteiger partial charge in [-0.2, -0.15) is 5.10 Å². The van der Waals surface area contributed by atoms with Crippen LogP contribution in [-0.2, 0) is 12.8 Å². The third kappa shape index (κ3) is 6.28. The van der Waals surface area contributed by atoms with E-state index in [4.69, 9.17) is 0 Å². The third-order valence-electron chi connectivity index (χ3n) is 3.51. The monoisotopic (exact) mass is 262 g/mol. The Morgan fingerprint density at radius 1 is 1.26 bits per heavy atom. The van der Waals surface area contributed by atoms with Gasteiger partial charge in [-0.1, -0.05) is 32.9 Å². The first kappa shape index (κ1) is 16.3. The molecule has 1 rings (SSSR count). The molecule has 0 bridgehead atoms. The van der Waals surface area contributed by atoms with Crippen LogP contribution in [-0.4, -0.2) is 30.6 Å². The second-order valence-corrected chi connectivity index (χ2v) is 5.60. The van der Waals surface area contributed by atoms with Crippen molar-refractivity contribution in [3.8, 4) is 0 Å². The van der Waals surface area contributed by atoms with Gasteiger partial charge in [0.05, 0.1) is 5.69 Å². The fourth-order valence-corrected chi connectivity index (χ4v) is 2.24. The Morgan fingerprint density at radius 3 is 2.74 bits per heavy atom. The van der Waals surface area contributed by atoms with Gasteiger partial charge in [-0.15, -0.1) is 0 Å². The summed E-state index contributed by atoms with van der Waals surface area (Å²) in [6.07, 6.45) is 5.78. The molecular weight excluding hydrogens is 233 g/mol. The van der Waals surface area contributed by atoms with Gasteiger partial charge < -0.3 is 5.32 Å². The van der Waals surface area contributed by atoms with Crippen molar-refractivity contribution in [2.24, 2.45) is 0 Å². The van der Waals surface area contributed by atoms with Gasteiger partial charge in [0.15, 0.2) is 0 Å². The maximum atomic E-state index is 4.47. The Kier molecular flexibility index (Phi) is 7.88. The summed E-state index contributed by atoms with van der Waals surface area (Å²) in [4.78, 5) is 0. The second kappa shape index (κ2) is 9.19. The van der Waals surface area contributed by atoms with E-state index in [1.165, 1.54) is 29.8 Å². The Balaban J connectivity index is 2.30. The number of rotatable bonds is 10. The Morgan fingerprint density at radius 2 is 2.05 bits per heavy atom. The van der Waals surface area contributed by atoms with Gasteiger partial charge in [-0.3, -0.25) is 5.10 Å². The van der Waals surface area contributed by atoms with E-state index in [0.717, 1.165) is 32.3 Å². The number of hydrogen-bond acceptors (Lipinski definition) is 2. The highest BCUT2D eigenvalue weighted by atomic mass is 15.1. The molecule has 0 amide bonds. The molecule has 0 aliphatic carbocycles. The number of nitrogens with one attached hydrogen (secondary N) is 2. The molecule has 0 atom stereocenters. The molecule has 0 spiro atoms. The molecule has 1 radical (unpaired) electrons. The zero-order valence-corrected chi connectivity index (χ0v) is 13.1. The molecule has 0 aliphatic rings. The first-order valence-electron chi connectivity index (χ1n) is 7.71. The van der Waals surface area contributed by atoms with Crippen molar-refractivity contribution in [3.63, 3.8) is 0 Å². The van der Waals surface area contributed by atoms with Crippen molar-refractivity contribution in [1.29, 1.82) is 0 Å². The average molecular weight is 262 g/mol. The Labute approximate surface area is 119 Å². The second-order valence-electron chi connectivity index (χ2n) is 5.60. The number of aryl methyl sites for hydroxylation is 2. The van der Waals surface area contributed by atoms with Crippen LogP contribution in [0.1, 0.15) is 50.6 Å². The lowest BCUT2D eigenvalue weighted by molar-refractivity contribution is 0.635. The van der Waals surface area contributed by atoms with E-state index in [1.54, 1.807) is 0 Å². The number of H-pyrrole nitrogens is 1. The van der Waals surface area contributed by atoms with Crippen LogP contribution in [0.25, 0.3) is 0 Å². The quantitative estimate of drug-likeness (QED) is 0.502. The average Bonchev–Trinajstić information content (AvgIpc) is 2.71. The normalized spacial score (nSPS) is 11.2. The van der Waals surface area contributed by atoms with Gasteiger partial charge in [0, 0.05) is 5.69 Å². The molecule has 4 heteroatoms. The SMILES string of the molecule is CCNCCCCc1n[nH]c(CC[B]C(C)C)c1C. The van der Waals surface area contributed by atoms with Crippen LogP contribution in [0.15, 0.2) is 0 Å². The molecule has 0 aromatic carbocycles. The minimum absolute atomic E-state index is 0.675. The van der Waals surface area contributed by atoms with Crippen LogP contribution in [0.2, 0.25) is 12.1 Å². The molecule has 0 saturated heterocycles. The lowest BCUT2D eigenvalue weighted by Gasteiger charge is -2.03. The van der Waals surface area contributed by atoms with E-state index in [-0.39, 0.29) is 0 Å². The molecule has 3 nitrogen and oxygen atoms in total. The zero-order chi connectivity index (χ0) is 14.1. The lowest BCUT2D eigenvalue weighted by Crippen LogP contribution is -2.14. The first-order chi connectivity index (χ1) is 9.15. The van der Waals surface area contributed by atoms with Crippen LogP contribution in [0.3, 0.4) is 0 Å². The molecule has 1 aromatic rings. The summed E-state index contributed by atoms with van der Waals surface area (Å²) in [6, 6.07) is 0. The fourth-order valence-electron chi connectivity index (χ4n) is 2.24. The smallest absolute Gasteiger partial charge is 0.113 e. The predicted molar refractivity (Wildman–Crippen MR) is 84.2 cm³/mol. The van der Waals surface area contributed by atoms with E-state index < -0.39 is 0 Å². The Bertz CT molecular complexity index is 347. The predicted octanol–water partition coefficient (Wildman–Crippen LogP) is 3.14. The highest BCUT2D eigenvalue weighted by molar-refractivity contribution is 6.37. The largest absolute Gasteiger partial charge is 0.317 e. The summed E-state index contributed by atoms with van der Waals surface area (Å²) in [5, 5.41) is 11.0. The van der Waals surface area contributed by atoms with E-state index in [1.807, 2.05) is 0 Å². The number of hydrogen-bond donors (Lipinski definition) is 2. The summed E-state index contributed by atoms with van der Waals surface area (Å²) >= 11 is 0. The van der Waals surface area contributed by atoms with E-state index >= 15 is 0 Å². The molecule has 107 valence electrons. The molecule has 0 saturated carbocycles. The molecule has 2 N–H and O–H groups in total. The highest BCUT2D eigenvalue weighted by Crippen LogP contribution is 2.15. The van der Waals surface area contributed by atoms with Crippen molar-refractivity contribution >= 4 is 7.28 Å². The number of nitrogens with zero attached hydrogens (tertiary/aromatic N) is 1. The maximum absolute atomic E-state index is 4.47. The minimum Gasteiger partial charge on any atom is -0.317 e. The molecule has 1 aromatic heterocycles. The fraction of sp³-hybridized carbons (Fsp3) is 0.800. The molecule has 1 heterocycles. The number of unbranched alkanes of at least 4 members (excludes halogenated alkanes) is 1. The van der Waals surface area contributed by atoms with Gasteiger partial charge in [0.2, 0.25) is 0 Å². The molecule has 0 aliphatic heterocycles. The van der Waals surface area contributed by atoms with Gasteiger partial charge in [0.25, 0.3) is 0 Å². The molecule has 19 heavy (non-hydrogen) atoms. The summed E-state index contributed by atoms with van der Waals surface area (Å²) in [5.41, 5.74) is 3.95. The van der Waals surface area contributed by atoms with Crippen LogP contribution >= 0.6 is 0 Å². The van der Waals surface area contributed by atoms with E-state index in [9.17, 15) is 0 Å². The lowest BCUT2D eigenvalue weighted by atomic mass is 9.62. The minimum atomic E-state index is 0.675. The van der Waals surface area contributed by atoms with Gasteiger partial charge >= 0.3 is 0 Å². The first-order valence-corrected chi connectivity index (χ1v) is 7.71. The molecule has 0 fully saturated rings. The summed E-state index contributed by atoms with van der Waals surface area (Å²) in [6.45, 7) is 11.0. The topological polar surface area (TPSA) is 40.7 Å². The highest BCUT2D eigenvalue weighted by Gasteiger charge is 2.08. The van der Waals surface area contributed by atoms with Crippen molar-refractivity contribution < 1.29 is 0 Å². The van der Waals surface area contributed by atoms with Crippen LogP contribution in [0.4, 0.5) is 0 Å². The zero-order valence-electron chi connectivity index (χ0n) is 13.1. The standard InChI is InChI=1S/C15H29BN3/c1-5-17-11-7-6-8-14-13(4)15(19-18-14)9-10-16-12(2)3/h12,17H,5-11H2,1-4H3,(H,18,19). The third-order valence-corrected chi connectivity index (χ3v) is 3.51. The van der Waals surface area contributed by atoms with Crippen molar-refractivity contribution in [2.45, 2.75) is 65.5 Å². The van der Waals surface area contributed by atoms with Crippen LogP contribution in [0, 0.1) is 6.92 Å². The number of aromatic nitrogens is 2. The van der Waals surface area contributed by atoms with Crippen molar-refractivity contribution in [2.75, 3.05) is 13.1 Å². The van der Waals surface area contributed by atoms with Crippen LogP contribution in [0.5, 0.6) is 0 Å². The van der Waals surface area contributed by atoms with E-state index in [2.05, 4.69) is 50.5 Å². The van der Waals surface area contributed by atoms with Gasteiger partial charge in [-0.05, 0) is 51.3 Å². The van der Waals surface area contributed by atoms with Gasteiger partial charge in [0.1, 0.15) is 7.28 Å². The Hall–Kier alpha value is -0.765. The summed E-state index contributed by atoms with van der Waals surface area (Å²) in [7, 11) is 2.37. The number of aromatic amines is 1. The molecule has 0 unspecified atom stereocenters. The van der Waals surface area contributed by atoms with E-state index in [0.29, 0.717) is 5.82 Å². The van der Waals surface area contributed by atoms with Crippen molar-refractivity contribution in [3.05, 3.63) is 17.0 Å². The maximum Gasteiger partial charge on any atom is 0.113 e. The van der Waals surface area contributed by atoms with Crippen molar-refractivity contribution in [1.82, 2.24) is 15.5 Å². The van der Waals surface area contributed by atoms with Gasteiger partial charge in [-0.25, -0.2) is 0 Å². The summed E-state index contributed by atoms with van der Waals surface area (Å²) in [5.74, 6) is 0.675. The van der Waals surface area contributed by atoms with Crippen LogP contribution < -0.4 is 5.32 Å².